The van der Waals surface area contributed by atoms with Crippen molar-refractivity contribution in [3.05, 3.63) is 82.4 Å². The Kier molecular flexibility index (Phi) is 7.57. The van der Waals surface area contributed by atoms with Gasteiger partial charge >= 0.3 is 0 Å². The summed E-state index contributed by atoms with van der Waals surface area (Å²) in [5.41, 5.74) is 1.63. The van der Waals surface area contributed by atoms with E-state index in [1.54, 1.807) is 29.2 Å². The molecule has 2 fully saturated rings. The van der Waals surface area contributed by atoms with E-state index in [-0.39, 0.29) is 34.3 Å². The van der Waals surface area contributed by atoms with Crippen molar-refractivity contribution < 1.29 is 23.5 Å². The van der Waals surface area contributed by atoms with Crippen molar-refractivity contribution in [1.29, 1.82) is 0 Å². The van der Waals surface area contributed by atoms with Crippen molar-refractivity contribution in [3.63, 3.8) is 0 Å². The van der Waals surface area contributed by atoms with Crippen LogP contribution in [0.5, 0.6) is 11.6 Å². The van der Waals surface area contributed by atoms with Gasteiger partial charge in [-0.05, 0) is 59.3 Å². The minimum absolute atomic E-state index is 0.168. The van der Waals surface area contributed by atoms with E-state index >= 15 is 0 Å². The first-order valence-corrected chi connectivity index (χ1v) is 12.9. The second-order valence-corrected chi connectivity index (χ2v) is 9.77. The number of thioether (sulfide) groups is 1. The Bertz CT molecular complexity index is 1420. The number of para-hydroxylation sites is 1. The van der Waals surface area contributed by atoms with E-state index in [0.29, 0.717) is 31.7 Å². The molecule has 12 heteroatoms. The van der Waals surface area contributed by atoms with Gasteiger partial charge in [0.1, 0.15) is 12.3 Å². The highest BCUT2D eigenvalue weighted by Crippen LogP contribution is 2.33. The number of ether oxygens (including phenoxy) is 1. The molecule has 5 rings (SSSR count). The molecule has 0 spiro atoms. The lowest BCUT2D eigenvalue weighted by Crippen LogP contribution is -2.51. The monoisotopic (exact) mass is 553 g/mol. The predicted molar refractivity (Wildman–Crippen MR) is 141 cm³/mol. The summed E-state index contributed by atoms with van der Waals surface area (Å²) in [5, 5.41) is -0.679. The van der Waals surface area contributed by atoms with Gasteiger partial charge in [0.05, 0.1) is 11.1 Å². The van der Waals surface area contributed by atoms with E-state index in [1.165, 1.54) is 6.08 Å². The van der Waals surface area contributed by atoms with Crippen molar-refractivity contribution in [2.45, 2.75) is 0 Å². The minimum Gasteiger partial charge on any atom is -0.436 e. The number of halogens is 2. The average Bonchev–Trinajstić information content (AvgIpc) is 3.18. The molecule has 38 heavy (non-hydrogen) atoms. The van der Waals surface area contributed by atoms with Crippen LogP contribution >= 0.6 is 23.4 Å². The normalized spacial score (nSPS) is 16.9. The number of amides is 3. The average molecular weight is 554 g/mol. The highest BCUT2D eigenvalue weighted by molar-refractivity contribution is 8.18. The van der Waals surface area contributed by atoms with E-state index in [0.717, 1.165) is 28.5 Å². The Labute approximate surface area is 226 Å². The molecule has 0 unspecified atom stereocenters. The van der Waals surface area contributed by atoms with Crippen LogP contribution in [0.25, 0.3) is 6.08 Å². The Morgan fingerprint density at radius 2 is 1.84 bits per heavy atom. The van der Waals surface area contributed by atoms with E-state index in [4.69, 9.17) is 16.3 Å². The van der Waals surface area contributed by atoms with E-state index in [1.807, 2.05) is 30.3 Å². The lowest BCUT2D eigenvalue weighted by atomic mass is 10.2. The largest absolute Gasteiger partial charge is 0.436 e. The zero-order chi connectivity index (χ0) is 26.6. The van der Waals surface area contributed by atoms with Crippen LogP contribution in [0, 0.1) is 5.82 Å². The van der Waals surface area contributed by atoms with Gasteiger partial charge in [0.15, 0.2) is 0 Å². The number of rotatable bonds is 6. The van der Waals surface area contributed by atoms with Gasteiger partial charge in [-0.15, -0.1) is 0 Å². The van der Waals surface area contributed by atoms with Crippen LogP contribution in [0.4, 0.5) is 14.9 Å². The van der Waals surface area contributed by atoms with Crippen LogP contribution in [0.3, 0.4) is 0 Å². The van der Waals surface area contributed by atoms with Gasteiger partial charge in [-0.3, -0.25) is 19.3 Å². The zero-order valence-electron chi connectivity index (χ0n) is 19.9. The van der Waals surface area contributed by atoms with E-state index in [9.17, 15) is 18.8 Å². The Morgan fingerprint density at radius 1 is 1.08 bits per heavy atom. The van der Waals surface area contributed by atoms with Crippen LogP contribution in [0.2, 0.25) is 5.28 Å². The van der Waals surface area contributed by atoms with Crippen molar-refractivity contribution >= 4 is 52.2 Å². The maximum atomic E-state index is 13.9. The second kappa shape index (κ2) is 11.2. The molecule has 2 saturated heterocycles. The number of benzene rings is 2. The lowest BCUT2D eigenvalue weighted by Gasteiger charge is -2.36. The maximum Gasteiger partial charge on any atom is 0.294 e. The number of nitrogens with zero attached hydrogens (tertiary/aromatic N) is 5. The highest BCUT2D eigenvalue weighted by Gasteiger charge is 2.37. The third-order valence-electron chi connectivity index (χ3n) is 5.97. The summed E-state index contributed by atoms with van der Waals surface area (Å²) < 4.78 is 19.4. The van der Waals surface area contributed by atoms with Gasteiger partial charge in [-0.25, -0.2) is 4.98 Å². The summed E-state index contributed by atoms with van der Waals surface area (Å²) in [6.45, 7) is 2.03. The first-order valence-electron chi connectivity index (χ1n) is 11.7. The zero-order valence-corrected chi connectivity index (χ0v) is 21.5. The second-order valence-electron chi connectivity index (χ2n) is 8.44. The number of carbonyl (C=O) groups excluding carboxylic acids is 3. The molecule has 0 atom stereocenters. The molecule has 3 aromatic rings. The van der Waals surface area contributed by atoms with Gasteiger partial charge in [0.25, 0.3) is 17.0 Å². The number of aromatic nitrogens is 2. The fraction of sp³-hybridized carbons (Fsp3) is 0.192. The molecule has 0 aliphatic carbocycles. The number of hydrogen-bond acceptors (Lipinski definition) is 8. The highest BCUT2D eigenvalue weighted by atomic mass is 35.5. The number of piperazine rings is 1. The third kappa shape index (κ3) is 5.79. The minimum atomic E-state index is -0.785. The molecule has 2 aliphatic heterocycles. The van der Waals surface area contributed by atoms with Gasteiger partial charge in [-0.2, -0.15) is 9.37 Å². The van der Waals surface area contributed by atoms with Crippen LogP contribution in [-0.2, 0) is 9.59 Å². The Balaban J connectivity index is 1.21. The van der Waals surface area contributed by atoms with E-state index in [2.05, 4.69) is 14.9 Å². The Hall–Kier alpha value is -3.96. The molecule has 3 heterocycles. The number of imide groups is 1. The summed E-state index contributed by atoms with van der Waals surface area (Å²) in [4.78, 5) is 50.7. The summed E-state index contributed by atoms with van der Waals surface area (Å²) in [6, 6.07) is 16.4. The summed E-state index contributed by atoms with van der Waals surface area (Å²) >= 11 is 6.46. The predicted octanol–water partition coefficient (Wildman–Crippen LogP) is 4.45. The van der Waals surface area contributed by atoms with E-state index < -0.39 is 17.0 Å². The SMILES string of the molecule is O=C(CN1C(=O)S/C(=C/c2cccc(Oc3nc(Cl)ncc3F)c2)C1=O)N1CCN(c2ccccc2)CC1. The fourth-order valence-corrected chi connectivity index (χ4v) is 5.02. The molecule has 0 radical (unpaired) electrons. The van der Waals surface area contributed by atoms with Crippen molar-refractivity contribution in [1.82, 2.24) is 19.8 Å². The van der Waals surface area contributed by atoms with Crippen LogP contribution in [0.1, 0.15) is 5.56 Å². The smallest absolute Gasteiger partial charge is 0.294 e. The molecule has 0 saturated carbocycles. The number of anilines is 1. The van der Waals surface area contributed by atoms with Gasteiger partial charge in [-0.1, -0.05) is 30.3 Å². The molecule has 9 nitrogen and oxygen atoms in total. The maximum absolute atomic E-state index is 13.9. The Morgan fingerprint density at radius 3 is 2.61 bits per heavy atom. The molecule has 1 aromatic heterocycles. The van der Waals surface area contributed by atoms with Crippen molar-refractivity contribution in [2.24, 2.45) is 0 Å². The molecular weight excluding hydrogens is 533 g/mol. The third-order valence-corrected chi connectivity index (χ3v) is 7.06. The first kappa shape index (κ1) is 25.7. The quantitative estimate of drug-likeness (QED) is 0.326. The van der Waals surface area contributed by atoms with Crippen molar-refractivity contribution in [2.75, 3.05) is 37.6 Å². The molecule has 0 N–H and O–H groups in total. The topological polar surface area (TPSA) is 95.9 Å². The van der Waals surface area contributed by atoms with Crippen LogP contribution < -0.4 is 9.64 Å². The molecular formula is C26H21ClFN5O4S. The first-order chi connectivity index (χ1) is 18.4. The molecule has 0 bridgehead atoms. The summed E-state index contributed by atoms with van der Waals surface area (Å²) in [5.74, 6) is -1.70. The molecule has 3 amide bonds. The van der Waals surface area contributed by atoms with Gasteiger partial charge < -0.3 is 14.5 Å². The van der Waals surface area contributed by atoms with Crippen LogP contribution in [0.15, 0.2) is 65.7 Å². The van der Waals surface area contributed by atoms with Gasteiger partial charge in [0.2, 0.25) is 17.0 Å². The lowest BCUT2D eigenvalue weighted by molar-refractivity contribution is -0.136. The molecule has 2 aliphatic rings. The molecule has 2 aromatic carbocycles. The number of hydrogen-bond donors (Lipinski definition) is 0. The van der Waals surface area contributed by atoms with Crippen molar-refractivity contribution in [3.8, 4) is 11.6 Å². The van der Waals surface area contributed by atoms with Gasteiger partial charge in [0, 0.05) is 31.9 Å². The summed E-state index contributed by atoms with van der Waals surface area (Å²) in [6.07, 6.45) is 2.42. The summed E-state index contributed by atoms with van der Waals surface area (Å²) in [7, 11) is 0. The van der Waals surface area contributed by atoms with Crippen LogP contribution in [-0.4, -0.2) is 69.5 Å². The molecule has 194 valence electrons. The standard InChI is InChI=1S/C26H21ClFN5O4S/c27-25-29-15-20(28)23(30-25)37-19-8-4-5-17(13-19)14-21-24(35)33(26(36)38-21)16-22(34)32-11-9-31(10-12-32)18-6-2-1-3-7-18/h1-8,13-15H,9-12,16H2/b21-14+. The number of carbonyl (C=O) groups is 3. The fourth-order valence-electron chi connectivity index (χ4n) is 4.06.